The van der Waals surface area contributed by atoms with Gasteiger partial charge in [-0.15, -0.1) is 0 Å². The fraction of sp³-hybridized carbons (Fsp3) is 0.348. The second-order valence-electron chi connectivity index (χ2n) is 6.74. The van der Waals surface area contributed by atoms with E-state index in [1.54, 1.807) is 0 Å². The van der Waals surface area contributed by atoms with Gasteiger partial charge in [0.15, 0.2) is 5.78 Å². The molecule has 1 aliphatic rings. The first-order valence-corrected chi connectivity index (χ1v) is 9.86. The summed E-state index contributed by atoms with van der Waals surface area (Å²) in [4.78, 5) is 13.3. The maximum atomic E-state index is 13.3. The van der Waals surface area contributed by atoms with E-state index in [0.29, 0.717) is 36.1 Å². The van der Waals surface area contributed by atoms with Gasteiger partial charge in [0.05, 0.1) is 18.8 Å². The summed E-state index contributed by atoms with van der Waals surface area (Å²) >= 11 is 0. The molecular weight excluding hydrogens is 352 g/mol. The topological polar surface area (TPSA) is 59.6 Å². The lowest BCUT2D eigenvalue weighted by molar-refractivity contribution is -0.114. The highest BCUT2D eigenvalue weighted by atomic mass is 16.5. The van der Waals surface area contributed by atoms with E-state index in [2.05, 4.69) is 24.5 Å². The first kappa shape index (κ1) is 19.8. The molecule has 0 saturated heterocycles. The van der Waals surface area contributed by atoms with Crippen molar-refractivity contribution in [2.24, 2.45) is 0 Å². The van der Waals surface area contributed by atoms with Gasteiger partial charge in [0, 0.05) is 13.1 Å². The fourth-order valence-corrected chi connectivity index (χ4v) is 3.24. The smallest absolute Gasteiger partial charge is 0.193 e. The van der Waals surface area contributed by atoms with E-state index >= 15 is 0 Å². The fourth-order valence-electron chi connectivity index (χ4n) is 3.24. The molecule has 0 bridgehead atoms. The molecule has 0 amide bonds. The Bertz CT molecular complexity index is 820. The predicted molar refractivity (Wildman–Crippen MR) is 111 cm³/mol. The number of rotatable bonds is 9. The first-order valence-electron chi connectivity index (χ1n) is 9.86. The van der Waals surface area contributed by atoms with Crippen LogP contribution in [0.3, 0.4) is 0 Å². The van der Waals surface area contributed by atoms with Gasteiger partial charge in [-0.2, -0.15) is 0 Å². The zero-order valence-electron chi connectivity index (χ0n) is 16.7. The average molecular weight is 380 g/mol. The number of benzene rings is 2. The second-order valence-corrected chi connectivity index (χ2v) is 6.74. The van der Waals surface area contributed by atoms with Crippen molar-refractivity contribution in [2.45, 2.75) is 32.7 Å². The van der Waals surface area contributed by atoms with Gasteiger partial charge >= 0.3 is 0 Å². The van der Waals surface area contributed by atoms with E-state index in [4.69, 9.17) is 9.47 Å². The summed E-state index contributed by atoms with van der Waals surface area (Å²) < 4.78 is 11.7. The zero-order chi connectivity index (χ0) is 19.9. The van der Waals surface area contributed by atoms with E-state index in [9.17, 15) is 4.79 Å². The van der Waals surface area contributed by atoms with Gasteiger partial charge < -0.3 is 20.1 Å². The van der Waals surface area contributed by atoms with E-state index in [0.717, 1.165) is 24.0 Å². The third-order valence-electron chi connectivity index (χ3n) is 4.54. The number of hydrogen-bond acceptors (Lipinski definition) is 5. The van der Waals surface area contributed by atoms with Crippen LogP contribution in [-0.4, -0.2) is 26.0 Å². The number of nitrogens with one attached hydrogen (secondary N) is 2. The lowest BCUT2D eigenvalue weighted by atomic mass is 9.96. The maximum Gasteiger partial charge on any atom is 0.193 e. The van der Waals surface area contributed by atoms with Crippen molar-refractivity contribution >= 4 is 11.4 Å². The highest BCUT2D eigenvalue weighted by Gasteiger charge is 2.34. The van der Waals surface area contributed by atoms with Crippen LogP contribution in [-0.2, 0) is 4.79 Å². The Morgan fingerprint density at radius 2 is 1.57 bits per heavy atom. The largest absolute Gasteiger partial charge is 0.493 e. The van der Waals surface area contributed by atoms with Crippen LogP contribution in [0.4, 0.5) is 0 Å². The Hall–Kier alpha value is -2.95. The molecule has 2 aromatic carbocycles. The van der Waals surface area contributed by atoms with Crippen molar-refractivity contribution in [3.63, 3.8) is 0 Å². The summed E-state index contributed by atoms with van der Waals surface area (Å²) in [5.74, 6) is 2.17. The van der Waals surface area contributed by atoms with Crippen molar-refractivity contribution in [2.75, 3.05) is 20.3 Å². The zero-order valence-corrected chi connectivity index (χ0v) is 16.7. The highest BCUT2D eigenvalue weighted by molar-refractivity contribution is 6.26. The lowest BCUT2D eigenvalue weighted by Crippen LogP contribution is -2.24. The molecule has 0 radical (unpaired) electrons. The van der Waals surface area contributed by atoms with Gasteiger partial charge in [0.1, 0.15) is 23.4 Å². The molecule has 2 N–H and O–H groups in total. The van der Waals surface area contributed by atoms with E-state index in [1.807, 2.05) is 55.6 Å². The first-order chi connectivity index (χ1) is 13.7. The minimum atomic E-state index is -0.404. The Labute approximate surface area is 166 Å². The molecule has 0 aliphatic carbocycles. The molecule has 0 spiro atoms. The van der Waals surface area contributed by atoms with Crippen LogP contribution < -0.4 is 20.1 Å². The van der Waals surface area contributed by atoms with Crippen LogP contribution in [0.25, 0.3) is 5.57 Å². The number of Topliss-reactive ketones (excluding diaryl/α,β-unsaturated/α-hetero) is 1. The molecule has 28 heavy (non-hydrogen) atoms. The van der Waals surface area contributed by atoms with Crippen LogP contribution >= 0.6 is 0 Å². The molecule has 2 aromatic rings. The van der Waals surface area contributed by atoms with Crippen LogP contribution in [0.2, 0.25) is 0 Å². The van der Waals surface area contributed by atoms with Crippen molar-refractivity contribution in [3.05, 3.63) is 65.5 Å². The molecule has 0 saturated carbocycles. The molecule has 5 nitrogen and oxygen atoms in total. The van der Waals surface area contributed by atoms with Crippen LogP contribution in [0.5, 0.6) is 11.5 Å². The van der Waals surface area contributed by atoms with Gasteiger partial charge in [-0.3, -0.25) is 4.79 Å². The molecule has 1 unspecified atom stereocenters. The van der Waals surface area contributed by atoms with Gasteiger partial charge in [0.2, 0.25) is 0 Å². The average Bonchev–Trinajstić information content (AvgIpc) is 3.07. The minimum absolute atomic E-state index is 0.0321. The Kier molecular flexibility index (Phi) is 6.58. The number of ether oxygens (including phenoxy) is 2. The molecule has 1 heterocycles. The van der Waals surface area contributed by atoms with E-state index in [1.165, 1.54) is 0 Å². The highest BCUT2D eigenvalue weighted by Crippen LogP contribution is 2.35. The van der Waals surface area contributed by atoms with Crippen molar-refractivity contribution in [1.82, 2.24) is 10.6 Å². The van der Waals surface area contributed by atoms with Gasteiger partial charge in [0.25, 0.3) is 0 Å². The molecule has 1 atom stereocenters. The summed E-state index contributed by atoms with van der Waals surface area (Å²) in [7, 11) is 1.81. The molecule has 0 fully saturated rings. The summed E-state index contributed by atoms with van der Waals surface area (Å²) in [5.41, 5.74) is 2.36. The summed E-state index contributed by atoms with van der Waals surface area (Å²) in [5, 5.41) is 6.45. The monoisotopic (exact) mass is 380 g/mol. The molecule has 0 aromatic heterocycles. The molecule has 5 heteroatoms. The quantitative estimate of drug-likeness (QED) is 0.687. The van der Waals surface area contributed by atoms with E-state index < -0.39 is 6.04 Å². The Balaban J connectivity index is 1.98. The molecular formula is C23H28N2O3. The SMILES string of the molecule is CCCOc1cc(OCCC)cc(C2=C(NC)NC(c3ccccc3)C2=O)c1. The third kappa shape index (κ3) is 4.30. The third-order valence-corrected chi connectivity index (χ3v) is 4.54. The summed E-state index contributed by atoms with van der Waals surface area (Å²) in [6.45, 7) is 5.37. The molecule has 3 rings (SSSR count). The number of carbonyl (C=O) groups excluding carboxylic acids is 1. The van der Waals surface area contributed by atoms with Crippen LogP contribution in [0.15, 0.2) is 54.4 Å². The summed E-state index contributed by atoms with van der Waals surface area (Å²) in [6, 6.07) is 15.1. The number of ketones is 1. The van der Waals surface area contributed by atoms with Crippen LogP contribution in [0.1, 0.15) is 43.9 Å². The second kappa shape index (κ2) is 9.31. The predicted octanol–water partition coefficient (Wildman–Crippen LogP) is 4.07. The van der Waals surface area contributed by atoms with Crippen LogP contribution in [0, 0.1) is 0 Å². The summed E-state index contributed by atoms with van der Waals surface area (Å²) in [6.07, 6.45) is 1.83. The van der Waals surface area contributed by atoms with E-state index in [-0.39, 0.29) is 5.78 Å². The number of hydrogen-bond donors (Lipinski definition) is 2. The van der Waals surface area contributed by atoms with Gasteiger partial charge in [-0.1, -0.05) is 44.2 Å². The van der Waals surface area contributed by atoms with Crippen molar-refractivity contribution in [1.29, 1.82) is 0 Å². The molecule has 148 valence electrons. The Morgan fingerprint density at radius 1 is 0.964 bits per heavy atom. The molecule has 1 aliphatic heterocycles. The number of carbonyl (C=O) groups is 1. The van der Waals surface area contributed by atoms with Gasteiger partial charge in [-0.05, 0) is 36.1 Å². The Morgan fingerprint density at radius 3 is 2.11 bits per heavy atom. The van der Waals surface area contributed by atoms with Gasteiger partial charge in [-0.25, -0.2) is 0 Å². The van der Waals surface area contributed by atoms with Crippen molar-refractivity contribution < 1.29 is 14.3 Å². The van der Waals surface area contributed by atoms with Crippen molar-refractivity contribution in [3.8, 4) is 11.5 Å². The normalized spacial score (nSPS) is 16.1. The maximum absolute atomic E-state index is 13.3. The lowest BCUT2D eigenvalue weighted by Gasteiger charge is -2.13. The standard InChI is InChI=1S/C23H28N2O3/c1-4-11-27-18-13-17(14-19(15-18)28-12-5-2)20-22(26)21(25-23(20)24-3)16-9-7-6-8-10-16/h6-10,13-15,21,24-25H,4-5,11-12H2,1-3H3. The minimum Gasteiger partial charge on any atom is -0.493 e.